The maximum atomic E-state index is 11.7. The van der Waals surface area contributed by atoms with E-state index < -0.39 is 16.2 Å². The van der Waals surface area contributed by atoms with E-state index in [1.165, 1.54) is 75.5 Å². The molecule has 6 heteroatoms. The van der Waals surface area contributed by atoms with Crippen molar-refractivity contribution in [2.45, 2.75) is 48.5 Å². The number of benzene rings is 6. The number of para-hydroxylation sites is 1. The van der Waals surface area contributed by atoms with Crippen LogP contribution >= 0.6 is 12.4 Å². The summed E-state index contributed by atoms with van der Waals surface area (Å²) < 4.78 is 2.68. The van der Waals surface area contributed by atoms with Gasteiger partial charge in [-0.15, -0.1) is 12.4 Å². The number of aryl methyl sites for hydroxylation is 7. The van der Waals surface area contributed by atoms with E-state index in [2.05, 4.69) is 149 Å². The molecule has 2 aliphatic rings. The number of fused-ring (bicyclic) bond motifs is 1. The molecule has 4 nitrogen and oxygen atoms in total. The Kier molecular flexibility index (Phi) is 11.2. The maximum absolute atomic E-state index is 11.7. The van der Waals surface area contributed by atoms with Crippen molar-refractivity contribution < 1.29 is 21.3 Å². The fourth-order valence-electron chi connectivity index (χ4n) is 8.56. The van der Waals surface area contributed by atoms with Crippen LogP contribution in [0.1, 0.15) is 66.8 Å². The fraction of sp³-hybridized carbons (Fsp3) is 0.180. The van der Waals surface area contributed by atoms with Gasteiger partial charge in [-0.25, -0.2) is 0 Å². The fourth-order valence-corrected chi connectivity index (χ4v) is 11.5. The zero-order chi connectivity index (χ0) is 38.4. The first kappa shape index (κ1) is 39.0. The molecule has 0 bridgehead atoms. The predicted molar refractivity (Wildman–Crippen MR) is 238 cm³/mol. The Morgan fingerprint density at radius 2 is 1.07 bits per heavy atom. The molecule has 1 fully saturated rings. The number of halogens is 1. The van der Waals surface area contributed by atoms with Gasteiger partial charge in [-0.3, -0.25) is 0 Å². The van der Waals surface area contributed by atoms with Crippen molar-refractivity contribution in [1.82, 2.24) is 0 Å². The largest absolute Gasteiger partial charge is 0.147 e. The van der Waals surface area contributed by atoms with Crippen molar-refractivity contribution in [2.75, 3.05) is 22.9 Å². The van der Waals surface area contributed by atoms with E-state index in [0.717, 1.165) is 41.0 Å². The zero-order valence-electron chi connectivity index (χ0n) is 33.1. The van der Waals surface area contributed by atoms with Crippen molar-refractivity contribution >= 4 is 55.3 Å². The molecule has 0 radical (unpaired) electrons. The molecule has 0 spiro atoms. The van der Waals surface area contributed by atoms with Gasteiger partial charge in [-0.05, 0) is 0 Å². The summed E-state index contributed by atoms with van der Waals surface area (Å²) in [7, 11) is 0. The summed E-state index contributed by atoms with van der Waals surface area (Å²) in [4.78, 5) is 10.2. The van der Waals surface area contributed by atoms with Crippen LogP contribution in [0.5, 0.6) is 5.75 Å². The van der Waals surface area contributed by atoms with Crippen LogP contribution in [0.15, 0.2) is 126 Å². The van der Waals surface area contributed by atoms with Gasteiger partial charge in [-0.2, -0.15) is 0 Å². The van der Waals surface area contributed by atoms with E-state index in [0.29, 0.717) is 0 Å². The Labute approximate surface area is 344 Å². The number of nitrogens with zero attached hydrogens (tertiary/aromatic N) is 3. The van der Waals surface area contributed by atoms with Gasteiger partial charge in [0.05, 0.1) is 0 Å². The number of aromatic hydroxyl groups is 1. The number of allylic oxidation sites excluding steroid dienone is 1. The first-order valence-corrected chi connectivity index (χ1v) is 20.7. The molecule has 56 heavy (non-hydrogen) atoms. The third-order valence-electron chi connectivity index (χ3n) is 10.7. The number of phenols is 1. The van der Waals surface area contributed by atoms with Crippen LogP contribution in [0.3, 0.4) is 0 Å². The topological polar surface area (TPSA) is 39.1 Å². The molecular formula is C50H48ClN3ORu. The summed E-state index contributed by atoms with van der Waals surface area (Å²) in [5, 5.41) is 11.7. The number of hydrogen-bond donors (Lipinski definition) is 1. The zero-order valence-corrected chi connectivity index (χ0v) is 35.6. The van der Waals surface area contributed by atoms with Crippen LogP contribution in [-0.2, 0) is 16.2 Å². The SMILES string of the molecule is Cc1cc(C)c(N2CCN(c3c(C)cc(C)cc3C)[C]2=[Ru]=[C]2C(c3cccc(O)c3C=Nc3ccccc3C)=C(c3ccccc3)c3ccccc32)c(C)c1.Cl. The second-order valence-electron chi connectivity index (χ2n) is 14.9. The second-order valence-corrected chi connectivity index (χ2v) is 17.0. The van der Waals surface area contributed by atoms with E-state index >= 15 is 0 Å². The quantitative estimate of drug-likeness (QED) is 0.134. The molecular weight excluding hydrogens is 795 g/mol. The van der Waals surface area contributed by atoms with Crippen LogP contribution in [0.2, 0.25) is 0 Å². The molecule has 1 saturated heterocycles. The third-order valence-corrected chi connectivity index (χ3v) is 13.4. The Morgan fingerprint density at radius 1 is 0.554 bits per heavy atom. The number of hydrogen-bond acceptors (Lipinski definition) is 4. The van der Waals surface area contributed by atoms with Crippen molar-refractivity contribution in [3.05, 3.63) is 188 Å². The van der Waals surface area contributed by atoms with Crippen molar-refractivity contribution in [1.29, 1.82) is 0 Å². The standard InChI is InChI=1S/C29H21NO.C21H26N2.ClH.Ru/c1-20-10-5-8-16-27(20)30-19-26-24(15-9-17-28(26)31)25-18-22-13-6-7-14-23(22)29(25)21-11-3-2-4-12-21;1-14-9-16(3)20(17(4)10-14)22-7-8-23(13-22)21-18(5)11-15(2)12-19(21)6;;/h2-17,19,31H,1H3;9-12H,7-8H2,1-6H3;1H;. The van der Waals surface area contributed by atoms with Crippen LogP contribution in [0.4, 0.5) is 17.1 Å². The van der Waals surface area contributed by atoms with Gasteiger partial charge in [-0.1, -0.05) is 0 Å². The van der Waals surface area contributed by atoms with E-state index in [1.54, 1.807) is 6.07 Å². The first-order valence-electron chi connectivity index (χ1n) is 19.0. The summed E-state index contributed by atoms with van der Waals surface area (Å²) in [5.74, 6) is 0.217. The summed E-state index contributed by atoms with van der Waals surface area (Å²) in [6.07, 6.45) is 1.86. The average molecular weight is 843 g/mol. The molecule has 6 aromatic rings. The van der Waals surface area contributed by atoms with Gasteiger partial charge >= 0.3 is 334 Å². The Morgan fingerprint density at radius 3 is 1.66 bits per heavy atom. The number of anilines is 2. The maximum Gasteiger partial charge on any atom is -0.147 e. The molecule has 1 heterocycles. The van der Waals surface area contributed by atoms with Crippen molar-refractivity contribution in [2.24, 2.45) is 4.99 Å². The summed E-state index contributed by atoms with van der Waals surface area (Å²) >= 11 is -0.559. The van der Waals surface area contributed by atoms with Gasteiger partial charge in [0.1, 0.15) is 0 Å². The van der Waals surface area contributed by atoms with Gasteiger partial charge < -0.3 is 0 Å². The average Bonchev–Trinajstić information content (AvgIpc) is 3.70. The Balaban J connectivity index is 0.00000480. The molecule has 1 aliphatic carbocycles. The third kappa shape index (κ3) is 7.15. The van der Waals surface area contributed by atoms with Crippen LogP contribution < -0.4 is 9.80 Å². The minimum Gasteiger partial charge on any atom is -0.147 e. The molecule has 0 aromatic heterocycles. The van der Waals surface area contributed by atoms with E-state index in [4.69, 9.17) is 4.99 Å². The van der Waals surface area contributed by atoms with E-state index in [-0.39, 0.29) is 18.2 Å². The summed E-state index contributed by atoms with van der Waals surface area (Å²) in [6, 6.07) is 43.0. The van der Waals surface area contributed by atoms with Gasteiger partial charge in [0.2, 0.25) is 0 Å². The Bertz CT molecular complexity index is 2520. The minimum absolute atomic E-state index is 0. The molecule has 1 aliphatic heterocycles. The number of aliphatic imine (C=N–C) groups is 1. The van der Waals surface area contributed by atoms with Gasteiger partial charge in [0.25, 0.3) is 0 Å². The van der Waals surface area contributed by atoms with E-state index in [9.17, 15) is 5.11 Å². The van der Waals surface area contributed by atoms with Crippen molar-refractivity contribution in [3.8, 4) is 5.75 Å². The molecule has 284 valence electrons. The molecule has 8 rings (SSSR count). The van der Waals surface area contributed by atoms with Crippen LogP contribution in [0.25, 0.3) is 11.1 Å². The van der Waals surface area contributed by atoms with Gasteiger partial charge in [0, 0.05) is 0 Å². The molecule has 6 aromatic carbocycles. The van der Waals surface area contributed by atoms with Crippen molar-refractivity contribution in [3.63, 3.8) is 0 Å². The second kappa shape index (κ2) is 16.1. The molecule has 0 atom stereocenters. The normalized spacial score (nSPS) is 13.9. The smallest absolute Gasteiger partial charge is 0.147 e. The summed E-state index contributed by atoms with van der Waals surface area (Å²) in [6.45, 7) is 17.3. The number of phenolic OH excluding ortho intramolecular Hbond substituents is 1. The number of rotatable bonds is 6. The van der Waals surface area contributed by atoms with Crippen LogP contribution in [-0.4, -0.2) is 32.9 Å². The first-order chi connectivity index (χ1) is 26.6. The monoisotopic (exact) mass is 843 g/mol. The predicted octanol–water partition coefficient (Wildman–Crippen LogP) is 11.4. The van der Waals surface area contributed by atoms with Crippen LogP contribution in [0, 0.1) is 48.5 Å². The molecule has 0 amide bonds. The molecule has 1 N–H and O–H groups in total. The Hall–Kier alpha value is -5.22. The molecule has 0 unspecified atom stereocenters. The minimum atomic E-state index is -0.559. The molecule has 0 saturated carbocycles. The van der Waals surface area contributed by atoms with Gasteiger partial charge in [0.15, 0.2) is 0 Å². The van der Waals surface area contributed by atoms with E-state index in [1.807, 2.05) is 30.5 Å². The summed E-state index contributed by atoms with van der Waals surface area (Å²) in [5.41, 5.74) is 20.1.